The second-order valence-electron chi connectivity index (χ2n) is 9.86. The molecule has 0 aromatic heterocycles. The molecule has 2 aliphatic heterocycles. The normalized spacial score (nSPS) is 18.1. The summed E-state index contributed by atoms with van der Waals surface area (Å²) in [5.41, 5.74) is -1.41. The van der Waals surface area contributed by atoms with Crippen LogP contribution in [0.1, 0.15) is 43.7 Å². The third kappa shape index (κ3) is 7.13. The molecule has 4 amide bonds. The zero-order chi connectivity index (χ0) is 29.0. The van der Waals surface area contributed by atoms with Crippen molar-refractivity contribution in [3.05, 3.63) is 71.9 Å². The fraction of sp³-hybridized carbons (Fsp3) is 0.393. The van der Waals surface area contributed by atoms with Crippen LogP contribution in [0, 0.1) is 23.6 Å². The molecular weight excluding hydrogens is 611 g/mol. The Balaban J connectivity index is 0.000000320. The van der Waals surface area contributed by atoms with Crippen molar-refractivity contribution in [1.29, 1.82) is 0 Å². The Morgan fingerprint density at radius 2 is 1.70 bits per heavy atom. The topological polar surface area (TPSA) is 86.8 Å². The minimum Gasteiger partial charge on any atom is -0.488 e. The molecule has 1 unspecified atom stereocenters. The number of imide groups is 1. The van der Waals surface area contributed by atoms with Gasteiger partial charge in [0.15, 0.2) is 0 Å². The molecule has 2 aromatic carbocycles. The molecule has 40 heavy (non-hydrogen) atoms. The number of hydrogen-bond donors (Lipinski definition) is 1. The van der Waals surface area contributed by atoms with E-state index in [-0.39, 0.29) is 46.0 Å². The third-order valence-electron chi connectivity index (χ3n) is 6.92. The van der Waals surface area contributed by atoms with Gasteiger partial charge < -0.3 is 26.2 Å². The van der Waals surface area contributed by atoms with E-state index in [1.165, 1.54) is 4.90 Å². The summed E-state index contributed by atoms with van der Waals surface area (Å²) >= 11 is 0. The van der Waals surface area contributed by atoms with Gasteiger partial charge in [0.05, 0.1) is 29.5 Å². The van der Waals surface area contributed by atoms with Gasteiger partial charge in [-0.2, -0.15) is 19.1 Å². The van der Waals surface area contributed by atoms with Crippen LogP contribution in [-0.4, -0.2) is 54.1 Å². The zero-order valence-corrected chi connectivity index (χ0v) is 24.4. The molecule has 0 saturated carbocycles. The van der Waals surface area contributed by atoms with Crippen molar-refractivity contribution in [3.8, 4) is 0 Å². The van der Waals surface area contributed by atoms with Crippen LogP contribution < -0.4 is 5.32 Å². The van der Waals surface area contributed by atoms with Gasteiger partial charge in [-0.25, -0.2) is 4.39 Å². The first-order valence-corrected chi connectivity index (χ1v) is 12.3. The molecule has 1 spiro atoms. The van der Waals surface area contributed by atoms with E-state index in [1.807, 2.05) is 44.2 Å². The average Bonchev–Trinajstić information content (AvgIpc) is 3.06. The third-order valence-corrected chi connectivity index (χ3v) is 6.92. The molecule has 1 atom stereocenters. The number of alkyl halides is 3. The first-order valence-electron chi connectivity index (χ1n) is 12.3. The first-order chi connectivity index (χ1) is 18.3. The molecule has 2 fully saturated rings. The molecule has 2 heterocycles. The molecule has 2 aliphatic rings. The minimum atomic E-state index is -4.56. The number of rotatable bonds is 5. The quantitative estimate of drug-likeness (QED) is 0.171. The molecule has 2 aromatic rings. The number of nitrogens with one attached hydrogen (secondary N) is 1. The fourth-order valence-electron chi connectivity index (χ4n) is 4.97. The summed E-state index contributed by atoms with van der Waals surface area (Å²) in [6, 6.07) is 11.3. The summed E-state index contributed by atoms with van der Waals surface area (Å²) < 4.78 is 49.0. The van der Waals surface area contributed by atoms with Gasteiger partial charge in [0.25, 0.3) is 0 Å². The molecule has 0 aliphatic carbocycles. The Morgan fingerprint density at radius 1 is 1.10 bits per heavy atom. The maximum Gasteiger partial charge on any atom is 2.00 e. The molecule has 12 heteroatoms. The SMILES string of the molecule is CC(C)[CH-]C(=O)N1CCC2(CC1)C(=O)N(C)C(=O)C2c1ccccc1.O=[C-]Nc1cc(C(F)(F)F)ccc1F.[Nb+2]. The smallest absolute Gasteiger partial charge is 0.488 e. The van der Waals surface area contributed by atoms with Gasteiger partial charge in [0, 0.05) is 25.7 Å². The van der Waals surface area contributed by atoms with Crippen LogP contribution in [0.3, 0.4) is 0 Å². The van der Waals surface area contributed by atoms with Gasteiger partial charge in [-0.05, 0) is 24.5 Å². The predicted molar refractivity (Wildman–Crippen MR) is 135 cm³/mol. The van der Waals surface area contributed by atoms with Gasteiger partial charge >= 0.3 is 28.6 Å². The molecule has 1 radical (unpaired) electrons. The summed E-state index contributed by atoms with van der Waals surface area (Å²) in [5, 5.41) is 1.71. The monoisotopic (exact) mass is 640 g/mol. The number of likely N-dealkylation sites (tertiary alicyclic amines) is 2. The Kier molecular flexibility index (Phi) is 11.1. The molecule has 213 valence electrons. The van der Waals surface area contributed by atoms with Crippen LogP contribution in [0.25, 0.3) is 0 Å². The van der Waals surface area contributed by atoms with E-state index >= 15 is 0 Å². The summed E-state index contributed by atoms with van der Waals surface area (Å²) in [7, 11) is 1.57. The van der Waals surface area contributed by atoms with Gasteiger partial charge in [-0.1, -0.05) is 55.9 Å². The zero-order valence-electron chi connectivity index (χ0n) is 22.2. The fourth-order valence-corrected chi connectivity index (χ4v) is 4.97. The predicted octanol–water partition coefficient (Wildman–Crippen LogP) is 4.56. The number of carbonyl (C=O) groups excluding carboxylic acids is 4. The van der Waals surface area contributed by atoms with Crippen LogP contribution in [0.4, 0.5) is 23.2 Å². The van der Waals surface area contributed by atoms with E-state index < -0.39 is 34.6 Å². The summed E-state index contributed by atoms with van der Waals surface area (Å²) in [6.07, 6.45) is -0.704. The van der Waals surface area contributed by atoms with Gasteiger partial charge in [0.1, 0.15) is 0 Å². The molecular formula is C28H29F4N3NbO4. The van der Waals surface area contributed by atoms with E-state index in [0.717, 1.165) is 12.0 Å². The van der Waals surface area contributed by atoms with E-state index in [2.05, 4.69) is 0 Å². The summed E-state index contributed by atoms with van der Waals surface area (Å²) in [5.74, 6) is -1.41. The molecule has 7 nitrogen and oxygen atoms in total. The summed E-state index contributed by atoms with van der Waals surface area (Å²) in [6.45, 7) is 4.97. The number of anilines is 1. The van der Waals surface area contributed by atoms with Crippen LogP contribution in [-0.2, 0) is 47.7 Å². The number of piperidine rings is 1. The average molecular weight is 640 g/mol. The van der Waals surface area contributed by atoms with E-state index in [0.29, 0.717) is 44.1 Å². The Bertz CT molecular complexity index is 1220. The van der Waals surface area contributed by atoms with Crippen molar-refractivity contribution < 1.29 is 59.1 Å². The first kappa shape index (κ1) is 33.1. The maximum absolute atomic E-state index is 12.9. The van der Waals surface area contributed by atoms with Gasteiger partial charge in [0.2, 0.25) is 11.8 Å². The van der Waals surface area contributed by atoms with E-state index in [4.69, 9.17) is 0 Å². The molecule has 0 bridgehead atoms. The van der Waals surface area contributed by atoms with Crippen molar-refractivity contribution in [1.82, 2.24) is 9.80 Å². The number of likely N-dealkylation sites (N-methyl/N-ethyl adjacent to an activating group) is 1. The number of carbonyl (C=O) groups is 3. The van der Waals surface area contributed by atoms with Crippen LogP contribution >= 0.6 is 0 Å². The number of benzene rings is 2. The number of hydrogen-bond acceptors (Lipinski definition) is 4. The van der Waals surface area contributed by atoms with Crippen LogP contribution in [0.5, 0.6) is 0 Å². The second-order valence-corrected chi connectivity index (χ2v) is 9.86. The van der Waals surface area contributed by atoms with Crippen molar-refractivity contribution in [3.63, 3.8) is 0 Å². The summed E-state index contributed by atoms with van der Waals surface area (Å²) in [4.78, 5) is 50.8. The van der Waals surface area contributed by atoms with Crippen molar-refractivity contribution in [2.75, 3.05) is 25.5 Å². The van der Waals surface area contributed by atoms with Crippen molar-refractivity contribution in [2.24, 2.45) is 11.3 Å². The van der Waals surface area contributed by atoms with Crippen molar-refractivity contribution in [2.45, 2.75) is 38.8 Å². The standard InChI is InChI=1S/C20H25N2O3.C8H4F4NO.Nb/c1-14(2)13-16(23)22-11-9-20(10-12-22)17(15-7-5-4-6-8-15)18(24)21(3)19(20)25;9-6-2-1-5(8(10,11)12)3-7(6)13-4-14;/h4-8,13-14,17H,9-12H2,1-3H3;1-3H,(H,13,14);/q2*-1;+2. The Labute approximate surface area is 245 Å². The van der Waals surface area contributed by atoms with Gasteiger partial charge in [-0.15, -0.1) is 6.07 Å². The Hall–Kier alpha value is -3.15. The molecule has 4 rings (SSSR count). The molecule has 1 N–H and O–H groups in total. The number of halogens is 4. The van der Waals surface area contributed by atoms with E-state index in [1.54, 1.807) is 23.7 Å². The van der Waals surface area contributed by atoms with Gasteiger partial charge in [-0.3, -0.25) is 14.5 Å². The van der Waals surface area contributed by atoms with Crippen LogP contribution in [0.2, 0.25) is 0 Å². The number of nitrogens with zero attached hydrogens (tertiary/aromatic N) is 2. The largest absolute Gasteiger partial charge is 2.00 e. The minimum absolute atomic E-state index is 0. The maximum atomic E-state index is 12.9. The van der Waals surface area contributed by atoms with Crippen LogP contribution in [0.15, 0.2) is 48.5 Å². The Morgan fingerprint density at radius 3 is 2.23 bits per heavy atom. The van der Waals surface area contributed by atoms with E-state index in [9.17, 15) is 36.7 Å². The second kappa shape index (κ2) is 13.5. The molecule has 2 saturated heterocycles. The number of amides is 4. The van der Waals surface area contributed by atoms with Crippen molar-refractivity contribution >= 4 is 29.8 Å².